The van der Waals surface area contributed by atoms with Gasteiger partial charge in [-0.2, -0.15) is 0 Å². The van der Waals surface area contributed by atoms with Crippen molar-refractivity contribution < 1.29 is 0 Å². The fraction of sp³-hybridized carbons (Fsp3) is 1.00. The fourth-order valence-corrected chi connectivity index (χ4v) is 0.677. The number of nitrogens with two attached hydrogens (primary N) is 1. The second-order valence-corrected chi connectivity index (χ2v) is 2.20. The Hall–Kier alpha value is 0.250. The van der Waals surface area contributed by atoms with Crippen LogP contribution in [0.2, 0.25) is 0 Å². The SMILES string of the molecule is CC(CN)CCCl. The van der Waals surface area contributed by atoms with Crippen molar-refractivity contribution in [1.29, 1.82) is 0 Å². The predicted octanol–water partition coefficient (Wildman–Crippen LogP) is 1.21. The molecule has 0 spiro atoms. The maximum Gasteiger partial charge on any atom is 0.0226 e. The molecular weight excluding hydrogens is 110 g/mol. The third kappa shape index (κ3) is 4.10. The lowest BCUT2D eigenvalue weighted by Crippen LogP contribution is -2.10. The summed E-state index contributed by atoms with van der Waals surface area (Å²) in [6.45, 7) is 2.86. The zero-order valence-electron chi connectivity index (χ0n) is 4.65. The summed E-state index contributed by atoms with van der Waals surface area (Å²) in [5, 5.41) is 0. The van der Waals surface area contributed by atoms with Crippen molar-refractivity contribution in [3.8, 4) is 0 Å². The van der Waals surface area contributed by atoms with Gasteiger partial charge in [-0.1, -0.05) is 6.92 Å². The zero-order valence-corrected chi connectivity index (χ0v) is 5.41. The van der Waals surface area contributed by atoms with E-state index in [2.05, 4.69) is 6.92 Å². The van der Waals surface area contributed by atoms with Crippen LogP contribution < -0.4 is 5.73 Å². The number of hydrogen-bond donors (Lipinski definition) is 1. The van der Waals surface area contributed by atoms with Crippen molar-refractivity contribution in [3.63, 3.8) is 0 Å². The molecule has 7 heavy (non-hydrogen) atoms. The first-order valence-corrected chi connectivity index (χ1v) is 3.10. The van der Waals surface area contributed by atoms with Gasteiger partial charge < -0.3 is 5.73 Å². The Morgan fingerprint density at radius 3 is 2.43 bits per heavy atom. The molecule has 44 valence electrons. The standard InChI is InChI=1S/C5H12ClN/c1-5(4-7)2-3-6/h5H,2-4,7H2,1H3. The van der Waals surface area contributed by atoms with Crippen LogP contribution in [0.15, 0.2) is 0 Å². The molecule has 0 saturated heterocycles. The van der Waals surface area contributed by atoms with E-state index in [1.807, 2.05) is 0 Å². The molecule has 0 aromatic rings. The second-order valence-electron chi connectivity index (χ2n) is 1.82. The summed E-state index contributed by atoms with van der Waals surface area (Å²) in [5.74, 6) is 1.33. The number of halogens is 1. The molecule has 1 atom stereocenters. The number of alkyl halides is 1. The van der Waals surface area contributed by atoms with E-state index >= 15 is 0 Å². The van der Waals surface area contributed by atoms with Gasteiger partial charge in [-0.25, -0.2) is 0 Å². The van der Waals surface area contributed by atoms with E-state index in [-0.39, 0.29) is 0 Å². The summed E-state index contributed by atoms with van der Waals surface area (Å²) in [6, 6.07) is 0. The Balaban J connectivity index is 2.83. The van der Waals surface area contributed by atoms with E-state index in [9.17, 15) is 0 Å². The Bertz CT molecular complexity index is 39.1. The van der Waals surface area contributed by atoms with E-state index < -0.39 is 0 Å². The Morgan fingerprint density at radius 2 is 2.29 bits per heavy atom. The van der Waals surface area contributed by atoms with Crippen LogP contribution in [0.1, 0.15) is 13.3 Å². The van der Waals surface area contributed by atoms with Crippen LogP contribution in [-0.2, 0) is 0 Å². The topological polar surface area (TPSA) is 26.0 Å². The minimum absolute atomic E-state index is 0.595. The summed E-state index contributed by atoms with van der Waals surface area (Å²) >= 11 is 5.42. The first-order valence-electron chi connectivity index (χ1n) is 2.57. The minimum atomic E-state index is 0.595. The van der Waals surface area contributed by atoms with Crippen LogP contribution in [0.3, 0.4) is 0 Å². The second kappa shape index (κ2) is 4.41. The van der Waals surface area contributed by atoms with Crippen molar-refractivity contribution in [3.05, 3.63) is 0 Å². The Kier molecular flexibility index (Phi) is 4.57. The molecule has 0 aliphatic rings. The molecule has 0 aliphatic carbocycles. The van der Waals surface area contributed by atoms with Gasteiger partial charge in [0, 0.05) is 5.88 Å². The first kappa shape index (κ1) is 7.25. The van der Waals surface area contributed by atoms with Crippen molar-refractivity contribution in [1.82, 2.24) is 0 Å². The lowest BCUT2D eigenvalue weighted by Gasteiger charge is -2.01. The number of rotatable bonds is 3. The molecule has 1 unspecified atom stereocenters. The van der Waals surface area contributed by atoms with E-state index in [0.29, 0.717) is 5.92 Å². The summed E-state index contributed by atoms with van der Waals surface area (Å²) in [4.78, 5) is 0. The zero-order chi connectivity index (χ0) is 5.70. The van der Waals surface area contributed by atoms with Gasteiger partial charge in [0.2, 0.25) is 0 Å². The van der Waals surface area contributed by atoms with Crippen LogP contribution in [0.5, 0.6) is 0 Å². The molecule has 0 saturated carbocycles. The average Bonchev–Trinajstić information content (AvgIpc) is 1.68. The molecule has 0 aromatic heterocycles. The molecule has 0 bridgehead atoms. The smallest absolute Gasteiger partial charge is 0.0226 e. The third-order valence-corrected chi connectivity index (χ3v) is 1.22. The van der Waals surface area contributed by atoms with Gasteiger partial charge >= 0.3 is 0 Å². The maximum absolute atomic E-state index is 5.42. The molecular formula is C5H12ClN. The van der Waals surface area contributed by atoms with Crippen molar-refractivity contribution in [2.75, 3.05) is 12.4 Å². The van der Waals surface area contributed by atoms with Gasteiger partial charge in [0.05, 0.1) is 0 Å². The highest BCUT2D eigenvalue weighted by Gasteiger charge is 1.93. The third-order valence-electron chi connectivity index (χ3n) is 1.00. The van der Waals surface area contributed by atoms with Crippen LogP contribution in [0.4, 0.5) is 0 Å². The highest BCUT2D eigenvalue weighted by atomic mass is 35.5. The lowest BCUT2D eigenvalue weighted by molar-refractivity contribution is 0.579. The summed E-state index contributed by atoms with van der Waals surface area (Å²) < 4.78 is 0. The molecule has 0 radical (unpaired) electrons. The van der Waals surface area contributed by atoms with E-state index in [1.54, 1.807) is 0 Å². The Morgan fingerprint density at radius 1 is 1.71 bits per heavy atom. The van der Waals surface area contributed by atoms with Gasteiger partial charge in [-0.05, 0) is 18.9 Å². The normalized spacial score (nSPS) is 14.1. The van der Waals surface area contributed by atoms with Gasteiger partial charge in [0.15, 0.2) is 0 Å². The molecule has 0 fully saturated rings. The first-order chi connectivity index (χ1) is 3.31. The van der Waals surface area contributed by atoms with Gasteiger partial charge in [-0.3, -0.25) is 0 Å². The molecule has 0 heterocycles. The monoisotopic (exact) mass is 121 g/mol. The Labute approximate surface area is 49.8 Å². The molecule has 2 N–H and O–H groups in total. The van der Waals surface area contributed by atoms with Crippen molar-refractivity contribution in [2.24, 2.45) is 11.7 Å². The number of hydrogen-bond acceptors (Lipinski definition) is 1. The van der Waals surface area contributed by atoms with E-state index in [1.165, 1.54) is 0 Å². The predicted molar refractivity (Wildman–Crippen MR) is 33.6 cm³/mol. The van der Waals surface area contributed by atoms with Crippen LogP contribution in [0.25, 0.3) is 0 Å². The van der Waals surface area contributed by atoms with Crippen molar-refractivity contribution in [2.45, 2.75) is 13.3 Å². The van der Waals surface area contributed by atoms with Crippen molar-refractivity contribution >= 4 is 11.6 Å². The molecule has 0 aliphatic heterocycles. The summed E-state index contributed by atoms with van der Waals surface area (Å²) in [7, 11) is 0. The van der Waals surface area contributed by atoms with Gasteiger partial charge in [0.25, 0.3) is 0 Å². The quantitative estimate of drug-likeness (QED) is 0.558. The average molecular weight is 122 g/mol. The summed E-state index contributed by atoms with van der Waals surface area (Å²) in [5.41, 5.74) is 5.30. The molecule has 1 nitrogen and oxygen atoms in total. The summed E-state index contributed by atoms with van der Waals surface area (Å²) in [6.07, 6.45) is 1.04. The molecule has 0 aromatic carbocycles. The van der Waals surface area contributed by atoms with E-state index in [0.717, 1.165) is 18.8 Å². The fourth-order valence-electron chi connectivity index (χ4n) is 0.304. The largest absolute Gasteiger partial charge is 0.330 e. The lowest BCUT2D eigenvalue weighted by atomic mass is 10.1. The van der Waals surface area contributed by atoms with E-state index in [4.69, 9.17) is 17.3 Å². The molecule has 0 amide bonds. The van der Waals surface area contributed by atoms with Crippen LogP contribution in [-0.4, -0.2) is 12.4 Å². The highest BCUT2D eigenvalue weighted by molar-refractivity contribution is 6.17. The van der Waals surface area contributed by atoms with Gasteiger partial charge in [-0.15, -0.1) is 11.6 Å². The maximum atomic E-state index is 5.42. The molecule has 2 heteroatoms. The highest BCUT2D eigenvalue weighted by Crippen LogP contribution is 1.98. The van der Waals surface area contributed by atoms with Crippen LogP contribution >= 0.6 is 11.6 Å². The minimum Gasteiger partial charge on any atom is -0.330 e. The van der Waals surface area contributed by atoms with Gasteiger partial charge in [0.1, 0.15) is 0 Å². The molecule has 0 rings (SSSR count). The van der Waals surface area contributed by atoms with Crippen LogP contribution in [0, 0.1) is 5.92 Å².